The van der Waals surface area contributed by atoms with Crippen molar-refractivity contribution in [1.29, 1.82) is 0 Å². The highest BCUT2D eigenvalue weighted by Gasteiger charge is 2.32. The fraction of sp³-hybridized carbons (Fsp3) is 0.765. The van der Waals surface area contributed by atoms with E-state index < -0.39 is 0 Å². The molecule has 2 aliphatic heterocycles. The Morgan fingerprint density at radius 3 is 2.56 bits per heavy atom. The number of hydrogen-bond donors (Lipinski definition) is 1. The minimum atomic E-state index is 0. The van der Waals surface area contributed by atoms with Crippen molar-refractivity contribution in [2.75, 3.05) is 26.2 Å². The summed E-state index contributed by atoms with van der Waals surface area (Å²) >= 11 is 1.71. The van der Waals surface area contributed by atoms with Crippen LogP contribution in [0.15, 0.2) is 5.38 Å². The number of nitrogens with zero attached hydrogens (tertiary/aromatic N) is 3. The van der Waals surface area contributed by atoms with Gasteiger partial charge in [0.25, 0.3) is 0 Å². The van der Waals surface area contributed by atoms with Crippen molar-refractivity contribution < 1.29 is 4.79 Å². The molecule has 2 fully saturated rings. The van der Waals surface area contributed by atoms with E-state index in [0.29, 0.717) is 12.5 Å². The second-order valence-electron chi connectivity index (χ2n) is 6.83. The van der Waals surface area contributed by atoms with E-state index in [1.54, 1.807) is 11.3 Å². The van der Waals surface area contributed by atoms with E-state index in [1.165, 1.54) is 6.42 Å². The van der Waals surface area contributed by atoms with Gasteiger partial charge in [-0.1, -0.05) is 0 Å². The molecule has 0 aromatic carbocycles. The van der Waals surface area contributed by atoms with Gasteiger partial charge in [0, 0.05) is 37.0 Å². The van der Waals surface area contributed by atoms with Crippen LogP contribution in [0.25, 0.3) is 0 Å². The lowest BCUT2D eigenvalue weighted by Crippen LogP contribution is -2.51. The van der Waals surface area contributed by atoms with Crippen molar-refractivity contribution in [2.24, 2.45) is 11.7 Å². The van der Waals surface area contributed by atoms with Gasteiger partial charge in [0.1, 0.15) is 0 Å². The van der Waals surface area contributed by atoms with Crippen molar-refractivity contribution in [3.05, 3.63) is 16.1 Å². The van der Waals surface area contributed by atoms with E-state index >= 15 is 0 Å². The smallest absolute Gasteiger partial charge is 0.226 e. The van der Waals surface area contributed by atoms with Crippen molar-refractivity contribution in [1.82, 2.24) is 14.8 Å². The highest BCUT2D eigenvalue weighted by atomic mass is 35.5. The molecule has 0 spiro atoms. The molecule has 25 heavy (non-hydrogen) atoms. The Morgan fingerprint density at radius 1 is 1.24 bits per heavy atom. The first-order valence-electron chi connectivity index (χ1n) is 8.81. The van der Waals surface area contributed by atoms with Gasteiger partial charge in [-0.2, -0.15) is 0 Å². The summed E-state index contributed by atoms with van der Waals surface area (Å²) in [5.41, 5.74) is 7.03. The number of piperidine rings is 2. The van der Waals surface area contributed by atoms with Gasteiger partial charge in [-0.15, -0.1) is 36.2 Å². The zero-order chi connectivity index (χ0) is 16.2. The summed E-state index contributed by atoms with van der Waals surface area (Å²) < 4.78 is 0. The van der Waals surface area contributed by atoms with Gasteiger partial charge >= 0.3 is 0 Å². The molecule has 1 aromatic rings. The third-order valence-electron chi connectivity index (χ3n) is 5.17. The van der Waals surface area contributed by atoms with Crippen LogP contribution < -0.4 is 5.73 Å². The maximum atomic E-state index is 12.8. The molecule has 2 saturated heterocycles. The van der Waals surface area contributed by atoms with Gasteiger partial charge < -0.3 is 10.6 Å². The lowest BCUT2D eigenvalue weighted by atomic mass is 9.92. The monoisotopic (exact) mass is 408 g/mol. The van der Waals surface area contributed by atoms with Crippen molar-refractivity contribution in [3.8, 4) is 0 Å². The molecule has 144 valence electrons. The van der Waals surface area contributed by atoms with E-state index in [9.17, 15) is 4.79 Å². The quantitative estimate of drug-likeness (QED) is 0.831. The first kappa shape index (κ1) is 22.6. The summed E-state index contributed by atoms with van der Waals surface area (Å²) in [5, 5.41) is 3.27. The topological polar surface area (TPSA) is 62.5 Å². The summed E-state index contributed by atoms with van der Waals surface area (Å²) in [7, 11) is 0. The van der Waals surface area contributed by atoms with Gasteiger partial charge in [-0.25, -0.2) is 4.98 Å². The number of carbonyl (C=O) groups is 1. The van der Waals surface area contributed by atoms with Crippen LogP contribution in [0.1, 0.15) is 42.8 Å². The molecule has 1 amide bonds. The molecule has 1 unspecified atom stereocenters. The Morgan fingerprint density at radius 2 is 1.96 bits per heavy atom. The van der Waals surface area contributed by atoms with E-state index in [0.717, 1.165) is 62.6 Å². The summed E-state index contributed by atoms with van der Waals surface area (Å²) in [4.78, 5) is 21.9. The minimum Gasteiger partial charge on any atom is -0.338 e. The van der Waals surface area contributed by atoms with Gasteiger partial charge in [0.05, 0.1) is 10.7 Å². The van der Waals surface area contributed by atoms with Gasteiger partial charge in [-0.3, -0.25) is 9.69 Å². The molecule has 2 N–H and O–H groups in total. The molecular formula is C17H30Cl2N4OS. The van der Waals surface area contributed by atoms with E-state index in [1.807, 2.05) is 6.92 Å². The highest BCUT2D eigenvalue weighted by molar-refractivity contribution is 7.09. The lowest BCUT2D eigenvalue weighted by molar-refractivity contribution is -0.140. The summed E-state index contributed by atoms with van der Waals surface area (Å²) in [6, 6.07) is 0.271. The average molecular weight is 409 g/mol. The number of carbonyl (C=O) groups excluding carboxylic acids is 1. The second kappa shape index (κ2) is 10.7. The lowest BCUT2D eigenvalue weighted by Gasteiger charge is -2.39. The van der Waals surface area contributed by atoms with Crippen LogP contribution in [-0.4, -0.2) is 52.9 Å². The van der Waals surface area contributed by atoms with Gasteiger partial charge in [-0.05, 0) is 52.1 Å². The Balaban J connectivity index is 0.00000156. The molecule has 0 bridgehead atoms. The molecule has 0 saturated carbocycles. The number of hydrogen-bond acceptors (Lipinski definition) is 5. The maximum absolute atomic E-state index is 12.8. The minimum absolute atomic E-state index is 0. The number of aryl methyl sites for hydroxylation is 1. The van der Waals surface area contributed by atoms with Crippen LogP contribution in [0, 0.1) is 12.8 Å². The molecular weight excluding hydrogens is 379 g/mol. The molecule has 0 aliphatic carbocycles. The molecule has 1 aromatic heterocycles. The van der Waals surface area contributed by atoms with Crippen LogP contribution in [0.4, 0.5) is 0 Å². The number of thiazole rings is 1. The van der Waals surface area contributed by atoms with Crippen molar-refractivity contribution in [3.63, 3.8) is 0 Å². The third-order valence-corrected chi connectivity index (χ3v) is 5.99. The van der Waals surface area contributed by atoms with Crippen LogP contribution in [0.2, 0.25) is 0 Å². The molecule has 1 atom stereocenters. The zero-order valence-electron chi connectivity index (χ0n) is 14.9. The molecule has 3 heterocycles. The number of aromatic nitrogens is 1. The second-order valence-corrected chi connectivity index (χ2v) is 7.89. The predicted octanol–water partition coefficient (Wildman–Crippen LogP) is 2.85. The SMILES string of the molecule is Cc1nc(CN2CCC(C(=O)N3CCCCC3CN)CC2)cs1.Cl.Cl. The fourth-order valence-corrected chi connectivity index (χ4v) is 4.42. The molecule has 5 nitrogen and oxygen atoms in total. The Hall–Kier alpha value is -0.400. The zero-order valence-corrected chi connectivity index (χ0v) is 17.3. The average Bonchev–Trinajstić information content (AvgIpc) is 3.00. The Bertz CT molecular complexity index is 534. The van der Waals surface area contributed by atoms with Gasteiger partial charge in [0.15, 0.2) is 0 Å². The molecule has 8 heteroatoms. The standard InChI is InChI=1S/C17H28N4OS.2ClH/c1-13-19-15(12-23-13)11-20-8-5-14(6-9-20)17(22)21-7-3-2-4-16(21)10-18;;/h12,14,16H,2-11,18H2,1H3;2*1H. The summed E-state index contributed by atoms with van der Waals surface area (Å²) in [5.74, 6) is 0.542. The van der Waals surface area contributed by atoms with E-state index in [2.05, 4.69) is 20.2 Å². The van der Waals surface area contributed by atoms with Crippen molar-refractivity contribution in [2.45, 2.75) is 51.6 Å². The van der Waals surface area contributed by atoms with Crippen LogP contribution in [0.3, 0.4) is 0 Å². The summed E-state index contributed by atoms with van der Waals surface area (Å²) in [6.45, 7) is 6.46. The number of nitrogens with two attached hydrogens (primary N) is 1. The first-order valence-corrected chi connectivity index (χ1v) is 9.69. The van der Waals surface area contributed by atoms with Crippen molar-refractivity contribution >= 4 is 42.1 Å². The molecule has 3 rings (SSSR count). The number of amides is 1. The molecule has 0 radical (unpaired) electrons. The largest absolute Gasteiger partial charge is 0.338 e. The Kier molecular flexibility index (Phi) is 9.67. The van der Waals surface area contributed by atoms with Crippen LogP contribution in [-0.2, 0) is 11.3 Å². The Labute approximate surface area is 167 Å². The maximum Gasteiger partial charge on any atom is 0.226 e. The van der Waals surface area contributed by atoms with Crippen LogP contribution >= 0.6 is 36.2 Å². The number of rotatable bonds is 4. The predicted molar refractivity (Wildman–Crippen MR) is 108 cm³/mol. The highest BCUT2D eigenvalue weighted by Crippen LogP contribution is 2.25. The van der Waals surface area contributed by atoms with Crippen LogP contribution in [0.5, 0.6) is 0 Å². The van der Waals surface area contributed by atoms with Gasteiger partial charge in [0.2, 0.25) is 5.91 Å². The first-order chi connectivity index (χ1) is 11.2. The fourth-order valence-electron chi connectivity index (χ4n) is 3.82. The molecule has 2 aliphatic rings. The van der Waals surface area contributed by atoms with E-state index in [4.69, 9.17) is 5.73 Å². The summed E-state index contributed by atoms with van der Waals surface area (Å²) in [6.07, 6.45) is 5.34. The number of halogens is 2. The van der Waals surface area contributed by atoms with E-state index in [-0.39, 0.29) is 36.8 Å². The normalized spacial score (nSPS) is 22.2. The third kappa shape index (κ3) is 5.79. The number of likely N-dealkylation sites (tertiary alicyclic amines) is 2.